The number of ketones is 1. The van der Waals surface area contributed by atoms with Crippen LogP contribution in [0, 0.1) is 0 Å². The molecule has 2 heterocycles. The molecule has 0 saturated heterocycles. The van der Waals surface area contributed by atoms with Crippen molar-refractivity contribution < 1.29 is 13.2 Å². The molecule has 0 unspecified atom stereocenters. The summed E-state index contributed by atoms with van der Waals surface area (Å²) in [6, 6.07) is 8.72. The third kappa shape index (κ3) is 4.61. The highest BCUT2D eigenvalue weighted by Crippen LogP contribution is 2.29. The first kappa shape index (κ1) is 22.5. The molecule has 0 amide bonds. The fourth-order valence-corrected chi connectivity index (χ4v) is 6.90. The van der Waals surface area contributed by atoms with Crippen LogP contribution >= 0.6 is 39.0 Å². The molecule has 156 valence electrons. The number of carbonyl (C=O) groups excluding carboxylic acids is 1. The topological polar surface area (TPSA) is 72.3 Å². The zero-order valence-electron chi connectivity index (χ0n) is 16.4. The van der Waals surface area contributed by atoms with E-state index in [-0.39, 0.29) is 16.4 Å². The molecule has 3 rings (SSSR count). The Morgan fingerprint density at radius 3 is 2.52 bits per heavy atom. The van der Waals surface area contributed by atoms with Crippen molar-refractivity contribution in [2.24, 2.45) is 0 Å². The van der Waals surface area contributed by atoms with Crippen molar-refractivity contribution in [3.63, 3.8) is 0 Å². The fourth-order valence-electron chi connectivity index (χ4n) is 3.04. The normalized spacial score (nSPS) is 12.2. The Morgan fingerprint density at radius 1 is 1.21 bits per heavy atom. The van der Waals surface area contributed by atoms with Crippen LogP contribution in [0.1, 0.15) is 30.4 Å². The molecule has 6 nitrogen and oxygen atoms in total. The van der Waals surface area contributed by atoms with Crippen molar-refractivity contribution in [3.05, 3.63) is 39.0 Å². The zero-order chi connectivity index (χ0) is 21.2. The summed E-state index contributed by atoms with van der Waals surface area (Å²) in [4.78, 5) is 18.0. The number of hydrogen-bond donors (Lipinski definition) is 0. The van der Waals surface area contributed by atoms with E-state index in [1.165, 1.54) is 27.4 Å². The molecule has 0 radical (unpaired) electrons. The van der Waals surface area contributed by atoms with Crippen LogP contribution in [-0.2, 0) is 16.6 Å². The predicted octanol–water partition coefficient (Wildman–Crippen LogP) is 4.89. The van der Waals surface area contributed by atoms with Gasteiger partial charge in [0.05, 0.1) is 30.3 Å². The lowest BCUT2D eigenvalue weighted by molar-refractivity contribution is 0.102. The second kappa shape index (κ2) is 9.30. The molecule has 0 spiro atoms. The summed E-state index contributed by atoms with van der Waals surface area (Å²) in [6.45, 7) is 7.17. The Labute approximate surface area is 187 Å². The smallest absolute Gasteiger partial charge is 0.243 e. The average Bonchev–Trinajstić information content (AvgIpc) is 3.29. The number of carbonyl (C=O) groups is 1. The number of aryl methyl sites for hydroxylation is 1. The van der Waals surface area contributed by atoms with Gasteiger partial charge in [0.1, 0.15) is 0 Å². The zero-order valence-corrected chi connectivity index (χ0v) is 20.4. The van der Waals surface area contributed by atoms with Crippen LogP contribution in [0.4, 0.5) is 0 Å². The predicted molar refractivity (Wildman–Crippen MR) is 123 cm³/mol. The fraction of sp³-hybridized carbons (Fsp3) is 0.368. The highest BCUT2D eigenvalue weighted by Gasteiger charge is 2.23. The number of thiophene rings is 1. The van der Waals surface area contributed by atoms with Gasteiger partial charge < -0.3 is 4.57 Å². The third-order valence-electron chi connectivity index (χ3n) is 4.52. The quantitative estimate of drug-likeness (QED) is 0.299. The molecule has 10 heteroatoms. The van der Waals surface area contributed by atoms with E-state index in [0.717, 1.165) is 9.30 Å². The summed E-state index contributed by atoms with van der Waals surface area (Å²) < 4.78 is 30.0. The molecule has 0 N–H and O–H groups in total. The third-order valence-corrected chi connectivity index (χ3v) is 9.21. The van der Waals surface area contributed by atoms with Crippen LogP contribution in [0.2, 0.25) is 0 Å². The van der Waals surface area contributed by atoms with Gasteiger partial charge in [0, 0.05) is 19.6 Å². The van der Waals surface area contributed by atoms with Gasteiger partial charge in [-0.05, 0) is 53.2 Å². The summed E-state index contributed by atoms with van der Waals surface area (Å²) in [5.41, 5.74) is 1.48. The highest BCUT2D eigenvalue weighted by molar-refractivity contribution is 9.11. The Kier molecular flexibility index (Phi) is 7.21. The van der Waals surface area contributed by atoms with E-state index in [4.69, 9.17) is 0 Å². The molecule has 29 heavy (non-hydrogen) atoms. The number of imidazole rings is 1. The minimum atomic E-state index is -3.54. The van der Waals surface area contributed by atoms with Gasteiger partial charge in [-0.3, -0.25) is 4.79 Å². The number of Topliss-reactive ketones (excluding diaryl/α,β-unsaturated/α-hetero) is 1. The molecular weight excluding hydrogens is 494 g/mol. The minimum Gasteiger partial charge on any atom is -0.319 e. The molecule has 0 fully saturated rings. The van der Waals surface area contributed by atoms with Crippen LogP contribution in [0.3, 0.4) is 0 Å². The number of nitrogens with zero attached hydrogens (tertiary/aromatic N) is 3. The number of fused-ring (bicyclic) bond motifs is 1. The van der Waals surface area contributed by atoms with Gasteiger partial charge >= 0.3 is 0 Å². The Hall–Kier alpha value is -1.20. The van der Waals surface area contributed by atoms with Crippen molar-refractivity contribution in [3.8, 4) is 0 Å². The van der Waals surface area contributed by atoms with E-state index in [1.54, 1.807) is 18.2 Å². The van der Waals surface area contributed by atoms with Gasteiger partial charge in [-0.1, -0.05) is 25.6 Å². The van der Waals surface area contributed by atoms with Crippen LogP contribution in [0.25, 0.3) is 11.0 Å². The maximum atomic E-state index is 12.8. The number of aromatic nitrogens is 2. The molecule has 1 aromatic carbocycles. The molecule has 0 aliphatic carbocycles. The van der Waals surface area contributed by atoms with E-state index >= 15 is 0 Å². The number of hydrogen-bond acceptors (Lipinski definition) is 6. The summed E-state index contributed by atoms with van der Waals surface area (Å²) in [7, 11) is -3.54. The van der Waals surface area contributed by atoms with Crippen molar-refractivity contribution >= 4 is 65.9 Å². The number of sulfonamides is 1. The van der Waals surface area contributed by atoms with Gasteiger partial charge in [-0.15, -0.1) is 11.3 Å². The van der Waals surface area contributed by atoms with Gasteiger partial charge in [0.2, 0.25) is 10.0 Å². The van der Waals surface area contributed by atoms with Crippen molar-refractivity contribution in [1.29, 1.82) is 0 Å². The molecule has 0 aliphatic rings. The minimum absolute atomic E-state index is 0.0465. The molecule has 0 atom stereocenters. The molecule has 0 saturated carbocycles. The average molecular weight is 517 g/mol. The molecule has 3 aromatic rings. The monoisotopic (exact) mass is 515 g/mol. The first-order valence-corrected chi connectivity index (χ1v) is 13.3. The molecule has 0 bridgehead atoms. The SMILES string of the molecule is CCN(CC)S(=O)(=O)c1ccc2c(c1)nc(SCC(=O)c1ccc(Br)s1)n2CC. The maximum absolute atomic E-state index is 12.8. The maximum Gasteiger partial charge on any atom is 0.243 e. The standard InChI is InChI=1S/C19H22BrN3O3S3/c1-4-22(5-2)29(25,26)13-7-8-15-14(11-13)21-19(23(15)6-3)27-12-16(24)17-9-10-18(20)28-17/h7-11H,4-6,12H2,1-3H3. The Bertz CT molecular complexity index is 1130. The summed E-state index contributed by atoms with van der Waals surface area (Å²) in [5, 5.41) is 0.712. The molecule has 0 aliphatic heterocycles. The van der Waals surface area contributed by atoms with E-state index in [2.05, 4.69) is 20.9 Å². The van der Waals surface area contributed by atoms with Gasteiger partial charge in [-0.2, -0.15) is 4.31 Å². The lowest BCUT2D eigenvalue weighted by Gasteiger charge is -2.18. The van der Waals surface area contributed by atoms with E-state index in [9.17, 15) is 13.2 Å². The van der Waals surface area contributed by atoms with Crippen LogP contribution in [-0.4, -0.2) is 46.9 Å². The second-order valence-corrected chi connectivity index (χ2v) is 11.5. The van der Waals surface area contributed by atoms with E-state index in [1.807, 2.05) is 37.5 Å². The van der Waals surface area contributed by atoms with Crippen molar-refractivity contribution in [2.75, 3.05) is 18.8 Å². The molecular formula is C19H22BrN3O3S3. The summed E-state index contributed by atoms with van der Waals surface area (Å²) in [6.07, 6.45) is 0. The lowest BCUT2D eigenvalue weighted by Crippen LogP contribution is -2.30. The number of thioether (sulfide) groups is 1. The van der Waals surface area contributed by atoms with Crippen molar-refractivity contribution in [1.82, 2.24) is 13.9 Å². The van der Waals surface area contributed by atoms with Gasteiger partial charge in [-0.25, -0.2) is 13.4 Å². The number of benzene rings is 1. The Morgan fingerprint density at radius 2 is 1.93 bits per heavy atom. The first-order valence-electron chi connectivity index (χ1n) is 9.23. The Balaban J connectivity index is 1.90. The summed E-state index contributed by atoms with van der Waals surface area (Å²) >= 11 is 6.16. The largest absolute Gasteiger partial charge is 0.319 e. The van der Waals surface area contributed by atoms with Crippen LogP contribution < -0.4 is 0 Å². The van der Waals surface area contributed by atoms with Crippen LogP contribution in [0.15, 0.2) is 44.2 Å². The molecule has 2 aromatic heterocycles. The van der Waals surface area contributed by atoms with E-state index in [0.29, 0.717) is 35.2 Å². The van der Waals surface area contributed by atoms with Crippen molar-refractivity contribution in [2.45, 2.75) is 37.4 Å². The highest BCUT2D eigenvalue weighted by atomic mass is 79.9. The lowest BCUT2D eigenvalue weighted by atomic mass is 10.3. The summed E-state index contributed by atoms with van der Waals surface area (Å²) in [5.74, 6) is 0.325. The first-order chi connectivity index (χ1) is 13.8. The van der Waals surface area contributed by atoms with Crippen LogP contribution in [0.5, 0.6) is 0 Å². The second-order valence-electron chi connectivity index (χ2n) is 6.19. The van der Waals surface area contributed by atoms with E-state index < -0.39 is 10.0 Å². The van der Waals surface area contributed by atoms with Gasteiger partial charge in [0.25, 0.3) is 0 Å². The number of halogens is 1. The number of rotatable bonds is 9. The van der Waals surface area contributed by atoms with Gasteiger partial charge in [0.15, 0.2) is 10.9 Å².